The molecule has 3 N–H and O–H groups in total. The van der Waals surface area contributed by atoms with E-state index in [1.54, 1.807) is 7.11 Å². The lowest BCUT2D eigenvalue weighted by molar-refractivity contribution is -0.124. The summed E-state index contributed by atoms with van der Waals surface area (Å²) in [7, 11) is 1.62. The van der Waals surface area contributed by atoms with E-state index in [0.717, 1.165) is 17.0 Å². The molecule has 0 radical (unpaired) electrons. The zero-order valence-corrected chi connectivity index (χ0v) is 14.9. The highest BCUT2D eigenvalue weighted by Gasteiger charge is 2.36. The van der Waals surface area contributed by atoms with E-state index < -0.39 is 5.54 Å². The van der Waals surface area contributed by atoms with Crippen LogP contribution in [0.3, 0.4) is 0 Å². The molecule has 24 heavy (non-hydrogen) atoms. The molecule has 8 heteroatoms. The molecule has 0 spiro atoms. The number of anilines is 1. The number of para-hydroxylation sites is 1. The van der Waals surface area contributed by atoms with Crippen molar-refractivity contribution in [1.82, 2.24) is 4.98 Å². The highest BCUT2D eigenvalue weighted by Crippen LogP contribution is 2.32. The Morgan fingerprint density at radius 2 is 2.08 bits per heavy atom. The summed E-state index contributed by atoms with van der Waals surface area (Å²) in [4.78, 5) is 16.9. The van der Waals surface area contributed by atoms with E-state index in [2.05, 4.69) is 10.3 Å². The maximum atomic E-state index is 12.4. The number of thiazole rings is 1. The second-order valence-corrected chi connectivity index (χ2v) is 6.32. The molecule has 3 rings (SSSR count). The number of carbonyl (C=O) groups is 1. The highest BCUT2D eigenvalue weighted by molar-refractivity contribution is 7.14. The normalized spacial score (nSPS) is 16.1. The van der Waals surface area contributed by atoms with Gasteiger partial charge in [0.1, 0.15) is 11.3 Å². The fourth-order valence-electron chi connectivity index (χ4n) is 2.50. The number of aromatic nitrogens is 1. The number of hydrogen-bond acceptors (Lipinski definition) is 6. The Bertz CT molecular complexity index is 701. The second-order valence-electron chi connectivity index (χ2n) is 5.46. The van der Waals surface area contributed by atoms with E-state index in [1.165, 1.54) is 11.3 Å². The number of rotatable bonds is 4. The van der Waals surface area contributed by atoms with Gasteiger partial charge in [0.15, 0.2) is 5.13 Å². The SMILES string of the molecule is COc1ccccc1-c1csc(NC(=O)C2(N)CCOCC2)n1.Cl. The number of amides is 1. The van der Waals surface area contributed by atoms with Gasteiger partial charge in [0.25, 0.3) is 0 Å². The number of nitrogens with zero attached hydrogens (tertiary/aromatic N) is 1. The second kappa shape index (κ2) is 7.94. The highest BCUT2D eigenvalue weighted by atomic mass is 35.5. The first-order valence-corrected chi connectivity index (χ1v) is 8.27. The third-order valence-corrected chi connectivity index (χ3v) is 4.70. The Kier molecular flexibility index (Phi) is 6.17. The van der Waals surface area contributed by atoms with Gasteiger partial charge < -0.3 is 20.5 Å². The topological polar surface area (TPSA) is 86.5 Å². The molecule has 0 bridgehead atoms. The van der Waals surface area contributed by atoms with Crippen LogP contribution in [0.1, 0.15) is 12.8 Å². The molecular formula is C16H20ClN3O3S. The summed E-state index contributed by atoms with van der Waals surface area (Å²) in [6.45, 7) is 1.02. The fraction of sp³-hybridized carbons (Fsp3) is 0.375. The van der Waals surface area contributed by atoms with Crippen LogP contribution in [0.5, 0.6) is 5.75 Å². The molecule has 0 aliphatic carbocycles. The van der Waals surface area contributed by atoms with Gasteiger partial charge in [-0.3, -0.25) is 4.79 Å². The molecule has 6 nitrogen and oxygen atoms in total. The lowest BCUT2D eigenvalue weighted by Crippen LogP contribution is -2.54. The monoisotopic (exact) mass is 369 g/mol. The first kappa shape index (κ1) is 18.7. The standard InChI is InChI=1S/C16H19N3O3S.ClH/c1-21-13-5-3-2-4-11(13)12-10-23-15(18-12)19-14(20)16(17)6-8-22-9-7-16;/h2-5,10H,6-9,17H2,1H3,(H,18,19,20);1H. The van der Waals surface area contributed by atoms with Crippen LogP contribution in [0.4, 0.5) is 5.13 Å². The molecule has 130 valence electrons. The molecule has 1 fully saturated rings. The van der Waals surface area contributed by atoms with Crippen LogP contribution in [0.25, 0.3) is 11.3 Å². The zero-order chi connectivity index (χ0) is 16.3. The largest absolute Gasteiger partial charge is 0.496 e. The molecule has 2 aromatic rings. The summed E-state index contributed by atoms with van der Waals surface area (Å²) < 4.78 is 10.6. The van der Waals surface area contributed by atoms with Crippen LogP contribution in [-0.4, -0.2) is 36.8 Å². The minimum absolute atomic E-state index is 0. The number of nitrogens with one attached hydrogen (secondary N) is 1. The van der Waals surface area contributed by atoms with Crippen LogP contribution in [0.15, 0.2) is 29.6 Å². The van der Waals surface area contributed by atoms with Gasteiger partial charge in [-0.2, -0.15) is 0 Å². The third kappa shape index (κ3) is 3.87. The van der Waals surface area contributed by atoms with Crippen LogP contribution in [-0.2, 0) is 9.53 Å². The third-order valence-electron chi connectivity index (χ3n) is 3.94. The summed E-state index contributed by atoms with van der Waals surface area (Å²) >= 11 is 1.37. The van der Waals surface area contributed by atoms with Crippen LogP contribution >= 0.6 is 23.7 Å². The van der Waals surface area contributed by atoms with Crippen molar-refractivity contribution in [1.29, 1.82) is 0 Å². The zero-order valence-electron chi connectivity index (χ0n) is 13.3. The van der Waals surface area contributed by atoms with Gasteiger partial charge in [0, 0.05) is 24.2 Å². The number of benzene rings is 1. The summed E-state index contributed by atoms with van der Waals surface area (Å²) in [5, 5.41) is 5.25. The number of nitrogens with two attached hydrogens (primary N) is 1. The average molecular weight is 370 g/mol. The number of carbonyl (C=O) groups excluding carboxylic acids is 1. The molecule has 1 aromatic carbocycles. The quantitative estimate of drug-likeness (QED) is 0.865. The van der Waals surface area contributed by atoms with Crippen molar-refractivity contribution in [2.75, 3.05) is 25.6 Å². The van der Waals surface area contributed by atoms with Crippen molar-refractivity contribution in [2.45, 2.75) is 18.4 Å². The molecule has 0 atom stereocenters. The van der Waals surface area contributed by atoms with E-state index in [-0.39, 0.29) is 18.3 Å². The van der Waals surface area contributed by atoms with E-state index in [1.807, 2.05) is 29.6 Å². The Hall–Kier alpha value is -1.67. The van der Waals surface area contributed by atoms with Gasteiger partial charge in [0.2, 0.25) is 5.91 Å². The average Bonchev–Trinajstić information content (AvgIpc) is 3.04. The number of hydrogen-bond donors (Lipinski definition) is 2. The van der Waals surface area contributed by atoms with Gasteiger partial charge in [0.05, 0.1) is 12.8 Å². The first-order chi connectivity index (χ1) is 11.1. The first-order valence-electron chi connectivity index (χ1n) is 7.39. The Labute approximate surface area is 150 Å². The fourth-order valence-corrected chi connectivity index (χ4v) is 3.20. The maximum absolute atomic E-state index is 12.4. The predicted molar refractivity (Wildman–Crippen MR) is 97.0 cm³/mol. The Balaban J connectivity index is 0.00000208. The van der Waals surface area contributed by atoms with E-state index in [0.29, 0.717) is 31.2 Å². The number of methoxy groups -OCH3 is 1. The summed E-state index contributed by atoms with van der Waals surface area (Å²) in [5.41, 5.74) is 6.95. The summed E-state index contributed by atoms with van der Waals surface area (Å²) in [6, 6.07) is 7.64. The molecule has 0 saturated carbocycles. The van der Waals surface area contributed by atoms with Gasteiger partial charge in [-0.1, -0.05) is 12.1 Å². The molecule has 1 saturated heterocycles. The van der Waals surface area contributed by atoms with Crippen LogP contribution in [0, 0.1) is 0 Å². The van der Waals surface area contributed by atoms with Crippen molar-refractivity contribution in [3.05, 3.63) is 29.6 Å². The van der Waals surface area contributed by atoms with Gasteiger partial charge in [-0.15, -0.1) is 23.7 Å². The summed E-state index contributed by atoms with van der Waals surface area (Å²) in [5.74, 6) is 0.539. The van der Waals surface area contributed by atoms with Crippen molar-refractivity contribution in [2.24, 2.45) is 5.73 Å². The van der Waals surface area contributed by atoms with Crippen LogP contribution < -0.4 is 15.8 Å². The predicted octanol–water partition coefficient (Wildman–Crippen LogP) is 2.69. The molecule has 2 heterocycles. The maximum Gasteiger partial charge on any atom is 0.246 e. The molecule has 1 aliphatic heterocycles. The van der Waals surface area contributed by atoms with E-state index in [4.69, 9.17) is 15.2 Å². The molecular weight excluding hydrogens is 350 g/mol. The molecule has 1 aliphatic rings. The minimum atomic E-state index is -0.880. The molecule has 0 unspecified atom stereocenters. The smallest absolute Gasteiger partial charge is 0.246 e. The molecule has 1 aromatic heterocycles. The lowest BCUT2D eigenvalue weighted by Gasteiger charge is -2.31. The minimum Gasteiger partial charge on any atom is -0.496 e. The van der Waals surface area contributed by atoms with Crippen molar-refractivity contribution in [3.8, 4) is 17.0 Å². The van der Waals surface area contributed by atoms with Gasteiger partial charge in [-0.25, -0.2) is 4.98 Å². The Morgan fingerprint density at radius 3 is 2.79 bits per heavy atom. The Morgan fingerprint density at radius 1 is 1.38 bits per heavy atom. The van der Waals surface area contributed by atoms with E-state index in [9.17, 15) is 4.79 Å². The number of halogens is 1. The van der Waals surface area contributed by atoms with Crippen molar-refractivity contribution < 1.29 is 14.3 Å². The van der Waals surface area contributed by atoms with Crippen molar-refractivity contribution in [3.63, 3.8) is 0 Å². The van der Waals surface area contributed by atoms with E-state index >= 15 is 0 Å². The number of ether oxygens (including phenoxy) is 2. The molecule has 1 amide bonds. The van der Waals surface area contributed by atoms with Crippen molar-refractivity contribution >= 4 is 34.8 Å². The lowest BCUT2D eigenvalue weighted by atomic mass is 9.90. The van der Waals surface area contributed by atoms with Gasteiger partial charge >= 0.3 is 0 Å². The van der Waals surface area contributed by atoms with Crippen LogP contribution in [0.2, 0.25) is 0 Å². The summed E-state index contributed by atoms with van der Waals surface area (Å²) in [6.07, 6.45) is 1.03. The van der Waals surface area contributed by atoms with Gasteiger partial charge in [-0.05, 0) is 25.0 Å².